The highest BCUT2D eigenvalue weighted by atomic mass is 16.5. The zero-order chi connectivity index (χ0) is 14.7. The Hall–Kier alpha value is -1.02. The molecule has 1 saturated carbocycles. The molecule has 0 saturated heterocycles. The van der Waals surface area contributed by atoms with E-state index in [0.717, 1.165) is 30.7 Å². The van der Waals surface area contributed by atoms with Crippen molar-refractivity contribution >= 4 is 0 Å². The third kappa shape index (κ3) is 3.35. The van der Waals surface area contributed by atoms with E-state index in [-0.39, 0.29) is 0 Å². The van der Waals surface area contributed by atoms with E-state index in [9.17, 15) is 0 Å². The predicted molar refractivity (Wildman–Crippen MR) is 85.6 cm³/mol. The topological polar surface area (TPSA) is 21.3 Å². The number of rotatable bonds is 6. The van der Waals surface area contributed by atoms with Gasteiger partial charge in [-0.3, -0.25) is 0 Å². The minimum Gasteiger partial charge on any atom is -0.496 e. The van der Waals surface area contributed by atoms with Gasteiger partial charge in [-0.2, -0.15) is 0 Å². The molecule has 1 aliphatic carbocycles. The fraction of sp³-hybridized carbons (Fsp3) is 0.667. The van der Waals surface area contributed by atoms with Gasteiger partial charge < -0.3 is 10.1 Å². The van der Waals surface area contributed by atoms with Crippen molar-refractivity contribution in [3.8, 4) is 5.75 Å². The van der Waals surface area contributed by atoms with E-state index >= 15 is 0 Å². The van der Waals surface area contributed by atoms with Crippen molar-refractivity contribution in [2.75, 3.05) is 20.2 Å². The molecule has 0 bridgehead atoms. The fourth-order valence-corrected chi connectivity index (χ4v) is 3.33. The van der Waals surface area contributed by atoms with Gasteiger partial charge in [0.25, 0.3) is 0 Å². The molecule has 1 aromatic carbocycles. The lowest BCUT2D eigenvalue weighted by atomic mass is 9.68. The monoisotopic (exact) mass is 275 g/mol. The molecule has 1 aromatic rings. The van der Waals surface area contributed by atoms with E-state index in [0.29, 0.717) is 5.92 Å². The van der Waals surface area contributed by atoms with Crippen molar-refractivity contribution in [2.45, 2.75) is 46.5 Å². The Bertz CT molecular complexity index is 453. The molecule has 0 amide bonds. The summed E-state index contributed by atoms with van der Waals surface area (Å²) in [7, 11) is 1.79. The second-order valence-corrected chi connectivity index (χ2v) is 6.69. The summed E-state index contributed by atoms with van der Waals surface area (Å²) in [4.78, 5) is 0. The number of nitrogens with one attached hydrogen (secondary N) is 1. The van der Waals surface area contributed by atoms with Crippen LogP contribution in [0.3, 0.4) is 0 Å². The number of benzene rings is 1. The maximum Gasteiger partial charge on any atom is 0.122 e. The molecule has 0 radical (unpaired) electrons. The molecule has 1 aliphatic rings. The zero-order valence-electron chi connectivity index (χ0n) is 13.6. The van der Waals surface area contributed by atoms with Gasteiger partial charge in [0.05, 0.1) is 7.11 Å². The van der Waals surface area contributed by atoms with Crippen molar-refractivity contribution < 1.29 is 4.74 Å². The summed E-state index contributed by atoms with van der Waals surface area (Å²) >= 11 is 0. The summed E-state index contributed by atoms with van der Waals surface area (Å²) < 4.78 is 5.63. The van der Waals surface area contributed by atoms with Crippen molar-refractivity contribution in [3.63, 3.8) is 0 Å². The van der Waals surface area contributed by atoms with Crippen LogP contribution in [-0.2, 0) is 0 Å². The van der Waals surface area contributed by atoms with Gasteiger partial charge in [-0.25, -0.2) is 0 Å². The average molecular weight is 275 g/mol. The molecule has 2 nitrogen and oxygen atoms in total. The fourth-order valence-electron chi connectivity index (χ4n) is 3.33. The molecule has 2 atom stereocenters. The molecule has 1 fully saturated rings. The first kappa shape index (κ1) is 15.4. The molecule has 2 rings (SSSR count). The lowest BCUT2D eigenvalue weighted by Crippen LogP contribution is -2.35. The summed E-state index contributed by atoms with van der Waals surface area (Å²) in [6.45, 7) is 11.1. The van der Waals surface area contributed by atoms with Crippen molar-refractivity contribution in [2.24, 2.45) is 11.8 Å². The second-order valence-electron chi connectivity index (χ2n) is 6.69. The molecule has 112 valence electrons. The van der Waals surface area contributed by atoms with E-state index in [2.05, 4.69) is 45.1 Å². The Morgan fingerprint density at radius 2 is 2.00 bits per heavy atom. The Morgan fingerprint density at radius 3 is 2.55 bits per heavy atom. The van der Waals surface area contributed by atoms with Gasteiger partial charge in [-0.05, 0) is 74.7 Å². The smallest absolute Gasteiger partial charge is 0.122 e. The zero-order valence-corrected chi connectivity index (χ0v) is 13.6. The quantitative estimate of drug-likeness (QED) is 0.845. The lowest BCUT2D eigenvalue weighted by Gasteiger charge is -2.39. The molecule has 0 aliphatic heterocycles. The average Bonchev–Trinajstić information content (AvgIpc) is 2.35. The maximum atomic E-state index is 5.63. The van der Waals surface area contributed by atoms with Gasteiger partial charge in [0.15, 0.2) is 0 Å². The summed E-state index contributed by atoms with van der Waals surface area (Å²) in [6.07, 6.45) is 2.64. The Balaban J connectivity index is 2.08. The van der Waals surface area contributed by atoms with E-state index in [1.165, 1.54) is 29.5 Å². The Morgan fingerprint density at radius 1 is 1.25 bits per heavy atom. The summed E-state index contributed by atoms with van der Waals surface area (Å²) in [6, 6.07) is 4.47. The van der Waals surface area contributed by atoms with E-state index in [4.69, 9.17) is 4.74 Å². The van der Waals surface area contributed by atoms with Crippen LogP contribution in [0.5, 0.6) is 5.75 Å². The number of hydrogen-bond donors (Lipinski definition) is 1. The third-order valence-corrected chi connectivity index (χ3v) is 4.46. The van der Waals surface area contributed by atoms with Crippen LogP contribution >= 0.6 is 0 Å². The van der Waals surface area contributed by atoms with Gasteiger partial charge in [0, 0.05) is 5.56 Å². The standard InChI is InChI=1S/C18H29NO/c1-12(2)10-19-11-15-6-7-16(15)18-14(4)8-13(3)9-17(18)20-5/h8-9,12,15-16,19H,6-7,10-11H2,1-5H3. The van der Waals surface area contributed by atoms with Crippen molar-refractivity contribution in [1.29, 1.82) is 0 Å². The first-order chi connectivity index (χ1) is 9.52. The van der Waals surface area contributed by atoms with Crippen molar-refractivity contribution in [3.05, 3.63) is 28.8 Å². The van der Waals surface area contributed by atoms with Crippen LogP contribution in [0.2, 0.25) is 0 Å². The van der Waals surface area contributed by atoms with Gasteiger partial charge >= 0.3 is 0 Å². The molecule has 20 heavy (non-hydrogen) atoms. The molecular formula is C18H29NO. The van der Waals surface area contributed by atoms with E-state index < -0.39 is 0 Å². The number of hydrogen-bond acceptors (Lipinski definition) is 2. The van der Waals surface area contributed by atoms with Gasteiger partial charge in [-0.1, -0.05) is 19.9 Å². The number of methoxy groups -OCH3 is 1. The van der Waals surface area contributed by atoms with Gasteiger partial charge in [0.2, 0.25) is 0 Å². The largest absolute Gasteiger partial charge is 0.496 e. The van der Waals surface area contributed by atoms with Crippen molar-refractivity contribution in [1.82, 2.24) is 5.32 Å². The minimum absolute atomic E-state index is 0.671. The van der Waals surface area contributed by atoms with Gasteiger partial charge in [0.1, 0.15) is 5.75 Å². The molecule has 0 aromatic heterocycles. The molecule has 1 N–H and O–H groups in total. The third-order valence-electron chi connectivity index (χ3n) is 4.46. The van der Waals surface area contributed by atoms with Crippen LogP contribution in [0.4, 0.5) is 0 Å². The van der Waals surface area contributed by atoms with Crippen LogP contribution in [0.15, 0.2) is 12.1 Å². The summed E-state index contributed by atoms with van der Waals surface area (Å²) in [5, 5.41) is 3.61. The lowest BCUT2D eigenvalue weighted by molar-refractivity contribution is 0.236. The maximum absolute atomic E-state index is 5.63. The van der Waals surface area contributed by atoms with Crippen LogP contribution in [-0.4, -0.2) is 20.2 Å². The highest BCUT2D eigenvalue weighted by Crippen LogP contribution is 2.47. The predicted octanol–water partition coefficient (Wildman–Crippen LogP) is 4.05. The van der Waals surface area contributed by atoms with Crippen LogP contribution in [0.1, 0.15) is 49.3 Å². The highest BCUT2D eigenvalue weighted by molar-refractivity contribution is 5.46. The van der Waals surface area contributed by atoms with Gasteiger partial charge in [-0.15, -0.1) is 0 Å². The summed E-state index contributed by atoms with van der Waals surface area (Å²) in [5.41, 5.74) is 4.12. The molecular weight excluding hydrogens is 246 g/mol. The molecule has 0 heterocycles. The molecule has 0 spiro atoms. The van der Waals surface area contributed by atoms with E-state index in [1.807, 2.05) is 0 Å². The minimum atomic E-state index is 0.671. The summed E-state index contributed by atoms with van der Waals surface area (Å²) in [5.74, 6) is 3.25. The normalized spacial score (nSPS) is 21.9. The second kappa shape index (κ2) is 6.62. The molecule has 2 heteroatoms. The Kier molecular flexibility index (Phi) is 5.09. The van der Waals surface area contributed by atoms with Crippen LogP contribution < -0.4 is 10.1 Å². The highest BCUT2D eigenvalue weighted by Gasteiger charge is 2.34. The number of ether oxygens (including phenoxy) is 1. The first-order valence-electron chi connectivity index (χ1n) is 7.88. The van der Waals surface area contributed by atoms with Crippen LogP contribution in [0.25, 0.3) is 0 Å². The Labute approximate surface area is 123 Å². The SMILES string of the molecule is COc1cc(C)cc(C)c1C1CCC1CNCC(C)C. The number of aryl methyl sites for hydroxylation is 2. The molecule has 2 unspecified atom stereocenters. The van der Waals surface area contributed by atoms with E-state index in [1.54, 1.807) is 7.11 Å². The first-order valence-corrected chi connectivity index (χ1v) is 7.88. The van der Waals surface area contributed by atoms with Crippen LogP contribution in [0, 0.1) is 25.7 Å².